The van der Waals surface area contributed by atoms with Gasteiger partial charge in [-0.2, -0.15) is 0 Å². The van der Waals surface area contributed by atoms with Gasteiger partial charge in [-0.3, -0.25) is 0 Å². The lowest BCUT2D eigenvalue weighted by molar-refractivity contribution is 0.152. The van der Waals surface area contributed by atoms with Crippen LogP contribution in [0.15, 0.2) is 66.7 Å². The SMILES string of the molecule is CC1CC2CC1c1c2c(OC(=O)Oc2ccc3ccccc3c2)c2ccccc2c1O. The number of phenolic OH excluding ortho intramolecular Hbond substituents is 1. The second-order valence-corrected chi connectivity index (χ2v) is 8.77. The molecule has 4 aromatic rings. The molecule has 0 radical (unpaired) electrons. The number of hydrogen-bond acceptors (Lipinski definition) is 4. The molecule has 2 aliphatic carbocycles. The van der Waals surface area contributed by atoms with E-state index >= 15 is 0 Å². The van der Waals surface area contributed by atoms with Crippen molar-refractivity contribution in [2.75, 3.05) is 0 Å². The van der Waals surface area contributed by atoms with Crippen LogP contribution in [0.4, 0.5) is 4.79 Å². The first-order chi connectivity index (χ1) is 15.1. The molecule has 31 heavy (non-hydrogen) atoms. The molecule has 4 aromatic carbocycles. The first kappa shape index (κ1) is 18.3. The third-order valence-electron chi connectivity index (χ3n) is 6.98. The lowest BCUT2D eigenvalue weighted by Gasteiger charge is -2.25. The summed E-state index contributed by atoms with van der Waals surface area (Å²) in [5, 5.41) is 14.6. The van der Waals surface area contributed by atoms with Gasteiger partial charge in [-0.05, 0) is 53.5 Å². The van der Waals surface area contributed by atoms with Crippen LogP contribution in [0.3, 0.4) is 0 Å². The van der Waals surface area contributed by atoms with Crippen LogP contribution in [0.25, 0.3) is 21.5 Å². The highest BCUT2D eigenvalue weighted by atomic mass is 16.7. The summed E-state index contributed by atoms with van der Waals surface area (Å²) < 4.78 is 11.4. The number of phenols is 1. The summed E-state index contributed by atoms with van der Waals surface area (Å²) in [5.74, 6) is 2.44. The fourth-order valence-electron chi connectivity index (χ4n) is 5.64. The average molecular weight is 410 g/mol. The van der Waals surface area contributed by atoms with Crippen molar-refractivity contribution in [3.05, 3.63) is 77.9 Å². The molecule has 1 saturated carbocycles. The molecule has 0 amide bonds. The van der Waals surface area contributed by atoms with Gasteiger partial charge in [0.25, 0.3) is 0 Å². The van der Waals surface area contributed by atoms with Crippen molar-refractivity contribution in [1.29, 1.82) is 0 Å². The van der Waals surface area contributed by atoms with Crippen molar-refractivity contribution in [3.63, 3.8) is 0 Å². The number of fused-ring (bicyclic) bond motifs is 7. The Morgan fingerprint density at radius 3 is 2.45 bits per heavy atom. The van der Waals surface area contributed by atoms with Crippen LogP contribution in [0, 0.1) is 5.92 Å². The summed E-state index contributed by atoms with van der Waals surface area (Å²) in [4.78, 5) is 12.8. The van der Waals surface area contributed by atoms with Crippen LogP contribution >= 0.6 is 0 Å². The zero-order valence-electron chi connectivity index (χ0n) is 17.2. The van der Waals surface area contributed by atoms with Crippen molar-refractivity contribution in [2.45, 2.75) is 31.6 Å². The Balaban J connectivity index is 1.40. The lowest BCUT2D eigenvalue weighted by Crippen LogP contribution is -2.17. The van der Waals surface area contributed by atoms with Gasteiger partial charge in [0.1, 0.15) is 17.2 Å². The summed E-state index contributed by atoms with van der Waals surface area (Å²) >= 11 is 0. The number of hydrogen-bond donors (Lipinski definition) is 1. The molecule has 1 N–H and O–H groups in total. The standard InChI is InChI=1S/C27H22O4/c1-15-12-18-14-22(15)24-23(18)26(21-9-5-4-8-20(21)25(24)28)31-27(29)30-19-11-10-16-6-2-3-7-17(16)13-19/h2-11,13,15,18,22,28H,12,14H2,1H3. The first-order valence-electron chi connectivity index (χ1n) is 10.8. The molecule has 2 bridgehead atoms. The normalized spacial score (nSPS) is 21.4. The fraction of sp³-hybridized carbons (Fsp3) is 0.222. The Morgan fingerprint density at radius 2 is 1.61 bits per heavy atom. The van der Waals surface area contributed by atoms with Crippen molar-refractivity contribution < 1.29 is 19.4 Å². The molecule has 3 unspecified atom stereocenters. The van der Waals surface area contributed by atoms with E-state index in [1.807, 2.05) is 60.7 Å². The second-order valence-electron chi connectivity index (χ2n) is 8.77. The van der Waals surface area contributed by atoms with E-state index in [1.165, 1.54) is 0 Å². The number of rotatable bonds is 2. The molecule has 6 rings (SSSR count). The molecule has 0 spiro atoms. The zero-order valence-corrected chi connectivity index (χ0v) is 17.2. The smallest absolute Gasteiger partial charge is 0.507 e. The molecule has 154 valence electrons. The highest BCUT2D eigenvalue weighted by Gasteiger charge is 2.46. The Labute approximate surface area is 180 Å². The molecule has 2 aliphatic rings. The molecular weight excluding hydrogens is 388 g/mol. The van der Waals surface area contributed by atoms with Crippen LogP contribution in [-0.2, 0) is 0 Å². The molecular formula is C27H22O4. The van der Waals surface area contributed by atoms with Crippen molar-refractivity contribution in [2.24, 2.45) is 5.92 Å². The summed E-state index contributed by atoms with van der Waals surface area (Å²) in [6.07, 6.45) is 1.28. The van der Waals surface area contributed by atoms with Gasteiger partial charge < -0.3 is 14.6 Å². The highest BCUT2D eigenvalue weighted by Crippen LogP contribution is 2.62. The molecule has 0 aliphatic heterocycles. The Hall–Kier alpha value is -3.53. The van der Waals surface area contributed by atoms with E-state index in [4.69, 9.17) is 9.47 Å². The Bertz CT molecular complexity index is 1360. The molecule has 4 heteroatoms. The molecule has 0 saturated heterocycles. The largest absolute Gasteiger partial charge is 0.519 e. The topological polar surface area (TPSA) is 55.8 Å². The second kappa shape index (κ2) is 6.74. The maximum absolute atomic E-state index is 12.8. The maximum atomic E-state index is 12.8. The van der Waals surface area contributed by atoms with E-state index in [0.29, 0.717) is 35.0 Å². The van der Waals surface area contributed by atoms with Crippen LogP contribution in [0.1, 0.15) is 42.7 Å². The van der Waals surface area contributed by atoms with E-state index < -0.39 is 6.16 Å². The van der Waals surface area contributed by atoms with E-state index in [2.05, 4.69) is 6.92 Å². The van der Waals surface area contributed by atoms with Crippen molar-refractivity contribution in [1.82, 2.24) is 0 Å². The van der Waals surface area contributed by atoms with Crippen LogP contribution in [-0.4, -0.2) is 11.3 Å². The number of carbonyl (C=O) groups is 1. The van der Waals surface area contributed by atoms with Crippen molar-refractivity contribution in [3.8, 4) is 17.2 Å². The summed E-state index contributed by atoms with van der Waals surface area (Å²) in [7, 11) is 0. The Kier molecular flexibility index (Phi) is 3.97. The molecule has 4 nitrogen and oxygen atoms in total. The van der Waals surface area contributed by atoms with Crippen LogP contribution in [0.5, 0.6) is 17.2 Å². The van der Waals surface area contributed by atoms with Crippen molar-refractivity contribution >= 4 is 27.7 Å². The monoisotopic (exact) mass is 410 g/mol. The molecule has 0 aromatic heterocycles. The van der Waals surface area contributed by atoms with Gasteiger partial charge in [-0.25, -0.2) is 4.79 Å². The van der Waals surface area contributed by atoms with Gasteiger partial charge in [0, 0.05) is 21.9 Å². The number of benzene rings is 4. The van der Waals surface area contributed by atoms with Crippen LogP contribution < -0.4 is 9.47 Å². The zero-order chi connectivity index (χ0) is 21.1. The third-order valence-corrected chi connectivity index (χ3v) is 6.98. The van der Waals surface area contributed by atoms with Gasteiger partial charge in [-0.1, -0.05) is 61.5 Å². The van der Waals surface area contributed by atoms with Gasteiger partial charge in [-0.15, -0.1) is 0 Å². The van der Waals surface area contributed by atoms with Gasteiger partial charge >= 0.3 is 6.16 Å². The minimum atomic E-state index is -0.760. The third kappa shape index (κ3) is 2.78. The van der Waals surface area contributed by atoms with E-state index in [0.717, 1.165) is 45.5 Å². The minimum Gasteiger partial charge on any atom is -0.507 e. The first-order valence-corrected chi connectivity index (χ1v) is 10.8. The highest BCUT2D eigenvalue weighted by molar-refractivity contribution is 5.98. The predicted molar refractivity (Wildman–Crippen MR) is 120 cm³/mol. The Morgan fingerprint density at radius 1 is 0.871 bits per heavy atom. The number of aromatic hydroxyl groups is 1. The number of carbonyl (C=O) groups excluding carboxylic acids is 1. The summed E-state index contributed by atoms with van der Waals surface area (Å²) in [6.45, 7) is 2.23. The van der Waals surface area contributed by atoms with E-state index in [-0.39, 0.29) is 0 Å². The van der Waals surface area contributed by atoms with Crippen LogP contribution in [0.2, 0.25) is 0 Å². The number of ether oxygens (including phenoxy) is 2. The van der Waals surface area contributed by atoms with E-state index in [9.17, 15) is 9.90 Å². The van der Waals surface area contributed by atoms with Gasteiger partial charge in [0.05, 0.1) is 0 Å². The predicted octanol–water partition coefficient (Wildman–Crippen LogP) is 6.89. The molecule has 0 heterocycles. The molecule has 3 atom stereocenters. The quantitative estimate of drug-likeness (QED) is 0.289. The van der Waals surface area contributed by atoms with Gasteiger partial charge in [0.2, 0.25) is 0 Å². The fourth-order valence-corrected chi connectivity index (χ4v) is 5.64. The van der Waals surface area contributed by atoms with Gasteiger partial charge in [0.15, 0.2) is 0 Å². The average Bonchev–Trinajstić information content (AvgIpc) is 3.34. The minimum absolute atomic E-state index is 0.300. The summed E-state index contributed by atoms with van der Waals surface area (Å²) in [5.41, 5.74) is 1.94. The molecule has 1 fully saturated rings. The lowest BCUT2D eigenvalue weighted by atomic mass is 9.82. The summed E-state index contributed by atoms with van der Waals surface area (Å²) in [6, 6.07) is 21.0. The van der Waals surface area contributed by atoms with E-state index in [1.54, 1.807) is 6.07 Å². The maximum Gasteiger partial charge on any atom is 0.519 e.